The van der Waals surface area contributed by atoms with Crippen LogP contribution in [0.1, 0.15) is 10.5 Å². The van der Waals surface area contributed by atoms with E-state index >= 15 is 0 Å². The fourth-order valence-corrected chi connectivity index (χ4v) is 1.71. The summed E-state index contributed by atoms with van der Waals surface area (Å²) in [7, 11) is 3.03. The van der Waals surface area contributed by atoms with E-state index < -0.39 is 0 Å². The average molecular weight is 246 g/mol. The summed E-state index contributed by atoms with van der Waals surface area (Å²) in [6, 6.07) is 7.19. The maximum atomic E-state index is 12.0. The first-order valence-electron chi connectivity index (χ1n) is 5.32. The van der Waals surface area contributed by atoms with Crippen molar-refractivity contribution in [1.82, 2.24) is 9.88 Å². The molecule has 0 aliphatic heterocycles. The first-order valence-corrected chi connectivity index (χ1v) is 5.32. The molecule has 1 aromatic heterocycles. The highest BCUT2D eigenvalue weighted by Crippen LogP contribution is 2.26. The van der Waals surface area contributed by atoms with Gasteiger partial charge in [0.25, 0.3) is 5.91 Å². The Bertz CT molecular complexity index is 618. The van der Waals surface area contributed by atoms with Gasteiger partial charge in [-0.3, -0.25) is 15.1 Å². The number of H-pyrrole nitrogens is 1. The Hall–Kier alpha value is -2.50. The van der Waals surface area contributed by atoms with Gasteiger partial charge in [0.1, 0.15) is 11.4 Å². The Morgan fingerprint density at radius 2 is 2.22 bits per heavy atom. The van der Waals surface area contributed by atoms with Crippen molar-refractivity contribution in [2.45, 2.75) is 0 Å². The van der Waals surface area contributed by atoms with Crippen LogP contribution in [0.3, 0.4) is 0 Å². The van der Waals surface area contributed by atoms with Crippen molar-refractivity contribution < 1.29 is 9.53 Å². The lowest BCUT2D eigenvalue weighted by Gasteiger charge is -2.12. The van der Waals surface area contributed by atoms with E-state index in [1.807, 2.05) is 18.2 Å². The van der Waals surface area contributed by atoms with Gasteiger partial charge in [-0.1, -0.05) is 6.07 Å². The number of methoxy groups -OCH3 is 1. The molecule has 0 radical (unpaired) electrons. The van der Waals surface area contributed by atoms with E-state index in [0.717, 1.165) is 15.8 Å². The Morgan fingerprint density at radius 1 is 1.50 bits per heavy atom. The number of nitrogens with one attached hydrogen (secondary N) is 2. The fraction of sp³-hybridized carbons (Fsp3) is 0.167. The van der Waals surface area contributed by atoms with Gasteiger partial charge >= 0.3 is 0 Å². The highest BCUT2D eigenvalue weighted by atomic mass is 16.5. The van der Waals surface area contributed by atoms with Crippen LogP contribution in [-0.4, -0.2) is 35.9 Å². The number of rotatable bonds is 2. The Kier molecular flexibility index (Phi) is 2.93. The van der Waals surface area contributed by atoms with Gasteiger partial charge in [-0.2, -0.15) is 0 Å². The number of aromatic amines is 1. The lowest BCUT2D eigenvalue weighted by molar-refractivity contribution is 0.0864. The van der Waals surface area contributed by atoms with Crippen LogP contribution in [0.4, 0.5) is 0 Å². The van der Waals surface area contributed by atoms with Gasteiger partial charge < -0.3 is 15.5 Å². The van der Waals surface area contributed by atoms with Crippen molar-refractivity contribution in [3.05, 3.63) is 30.0 Å². The summed E-state index contributed by atoms with van der Waals surface area (Å²) in [6.07, 6.45) is 0. The number of carbonyl (C=O) groups is 1. The lowest BCUT2D eigenvalue weighted by Crippen LogP contribution is -2.38. The fourth-order valence-electron chi connectivity index (χ4n) is 1.71. The second-order valence-electron chi connectivity index (χ2n) is 3.85. The number of guanidine groups is 1. The number of benzene rings is 1. The van der Waals surface area contributed by atoms with Crippen LogP contribution in [0.25, 0.3) is 10.9 Å². The van der Waals surface area contributed by atoms with Crippen LogP contribution in [0.15, 0.2) is 24.3 Å². The van der Waals surface area contributed by atoms with Gasteiger partial charge in [0.2, 0.25) is 0 Å². The molecule has 0 aliphatic carbocycles. The second-order valence-corrected chi connectivity index (χ2v) is 3.85. The van der Waals surface area contributed by atoms with Crippen LogP contribution in [-0.2, 0) is 0 Å². The first-order chi connectivity index (χ1) is 8.54. The molecule has 1 aromatic carbocycles. The van der Waals surface area contributed by atoms with E-state index in [9.17, 15) is 4.79 Å². The summed E-state index contributed by atoms with van der Waals surface area (Å²) >= 11 is 0. The molecule has 1 amide bonds. The minimum Gasteiger partial charge on any atom is -0.496 e. The quantitative estimate of drug-likeness (QED) is 0.547. The van der Waals surface area contributed by atoms with Gasteiger partial charge in [-0.15, -0.1) is 0 Å². The number of amides is 1. The van der Waals surface area contributed by atoms with E-state index in [1.165, 1.54) is 7.05 Å². The number of fused-ring (bicyclic) bond motifs is 1. The predicted octanol–water partition coefficient (Wildman–Crippen LogP) is 1.14. The Balaban J connectivity index is 2.48. The van der Waals surface area contributed by atoms with Crippen LogP contribution < -0.4 is 10.5 Å². The molecule has 0 fully saturated rings. The zero-order chi connectivity index (χ0) is 13.3. The molecule has 2 rings (SSSR count). The molecule has 2 aromatic rings. The van der Waals surface area contributed by atoms with E-state index in [-0.39, 0.29) is 11.9 Å². The molecular formula is C12H14N4O2. The van der Waals surface area contributed by atoms with Gasteiger partial charge in [0.05, 0.1) is 7.11 Å². The van der Waals surface area contributed by atoms with Gasteiger partial charge in [-0.25, -0.2) is 0 Å². The zero-order valence-corrected chi connectivity index (χ0v) is 10.2. The summed E-state index contributed by atoms with van der Waals surface area (Å²) in [6.45, 7) is 0. The maximum Gasteiger partial charge on any atom is 0.276 e. The van der Waals surface area contributed by atoms with Crippen molar-refractivity contribution in [3.63, 3.8) is 0 Å². The molecule has 6 heteroatoms. The standard InChI is InChI=1S/C12H14N4O2/c1-16(12(13)14)11(17)9-6-7-8(15-9)4-3-5-10(7)18-2/h3-6,15H,1-2H3,(H3,13,14). The molecule has 18 heavy (non-hydrogen) atoms. The molecule has 0 bridgehead atoms. The van der Waals surface area contributed by atoms with Crippen molar-refractivity contribution in [2.75, 3.05) is 14.2 Å². The predicted molar refractivity (Wildman–Crippen MR) is 68.9 cm³/mol. The van der Waals surface area contributed by atoms with Crippen LogP contribution >= 0.6 is 0 Å². The number of hydrogen-bond acceptors (Lipinski definition) is 3. The zero-order valence-electron chi connectivity index (χ0n) is 10.2. The third kappa shape index (κ3) is 1.88. The monoisotopic (exact) mass is 246 g/mol. The molecule has 0 spiro atoms. The molecule has 4 N–H and O–H groups in total. The third-order valence-corrected chi connectivity index (χ3v) is 2.74. The molecule has 0 unspecified atom stereocenters. The average Bonchev–Trinajstić information content (AvgIpc) is 2.80. The number of carbonyl (C=O) groups excluding carboxylic acids is 1. The Morgan fingerprint density at radius 3 is 2.83 bits per heavy atom. The molecule has 0 saturated heterocycles. The SMILES string of the molecule is COc1cccc2[nH]c(C(=O)N(C)C(=N)N)cc12. The molecule has 0 atom stereocenters. The lowest BCUT2D eigenvalue weighted by atomic mass is 10.2. The molecule has 6 nitrogen and oxygen atoms in total. The molecule has 1 heterocycles. The number of ether oxygens (including phenoxy) is 1. The van der Waals surface area contributed by atoms with Gasteiger partial charge in [-0.05, 0) is 18.2 Å². The number of nitrogens with two attached hydrogens (primary N) is 1. The first kappa shape index (κ1) is 12.0. The molecular weight excluding hydrogens is 232 g/mol. The smallest absolute Gasteiger partial charge is 0.276 e. The maximum absolute atomic E-state index is 12.0. The number of nitrogens with zero attached hydrogens (tertiary/aromatic N) is 1. The topological polar surface area (TPSA) is 95.2 Å². The van der Waals surface area contributed by atoms with Gasteiger partial charge in [0.15, 0.2) is 5.96 Å². The van der Waals surface area contributed by atoms with E-state index in [2.05, 4.69) is 4.98 Å². The minimum absolute atomic E-state index is 0.300. The highest BCUT2D eigenvalue weighted by Gasteiger charge is 2.17. The summed E-state index contributed by atoms with van der Waals surface area (Å²) in [4.78, 5) is 16.0. The summed E-state index contributed by atoms with van der Waals surface area (Å²) in [5.74, 6) is 0.0275. The van der Waals surface area contributed by atoms with Crippen LogP contribution in [0.5, 0.6) is 5.75 Å². The van der Waals surface area contributed by atoms with Crippen LogP contribution in [0, 0.1) is 5.41 Å². The summed E-state index contributed by atoms with van der Waals surface area (Å²) in [5, 5.41) is 8.06. The van der Waals surface area contributed by atoms with E-state index in [1.54, 1.807) is 13.2 Å². The number of aromatic nitrogens is 1. The molecule has 94 valence electrons. The summed E-state index contributed by atoms with van der Waals surface area (Å²) in [5.41, 5.74) is 6.44. The van der Waals surface area contributed by atoms with E-state index in [4.69, 9.17) is 15.9 Å². The van der Waals surface area contributed by atoms with Crippen molar-refractivity contribution in [2.24, 2.45) is 5.73 Å². The molecule has 0 saturated carbocycles. The van der Waals surface area contributed by atoms with Crippen molar-refractivity contribution in [1.29, 1.82) is 5.41 Å². The third-order valence-electron chi connectivity index (χ3n) is 2.74. The Labute approximate surface area is 104 Å². The molecule has 0 aliphatic rings. The highest BCUT2D eigenvalue weighted by molar-refractivity contribution is 6.06. The van der Waals surface area contributed by atoms with Gasteiger partial charge in [0, 0.05) is 18.0 Å². The van der Waals surface area contributed by atoms with Crippen molar-refractivity contribution in [3.8, 4) is 5.75 Å². The van der Waals surface area contributed by atoms with Crippen LogP contribution in [0.2, 0.25) is 0 Å². The second kappa shape index (κ2) is 4.40. The largest absolute Gasteiger partial charge is 0.496 e. The minimum atomic E-state index is -0.360. The summed E-state index contributed by atoms with van der Waals surface area (Å²) < 4.78 is 5.22. The van der Waals surface area contributed by atoms with Crippen molar-refractivity contribution >= 4 is 22.8 Å². The van der Waals surface area contributed by atoms with E-state index in [0.29, 0.717) is 11.4 Å². The number of hydrogen-bond donors (Lipinski definition) is 3. The normalized spacial score (nSPS) is 10.3.